The van der Waals surface area contributed by atoms with Crippen molar-refractivity contribution in [3.05, 3.63) is 59.3 Å². The van der Waals surface area contributed by atoms with Gasteiger partial charge in [-0.15, -0.1) is 0 Å². The van der Waals surface area contributed by atoms with E-state index >= 15 is 0 Å². The van der Waals surface area contributed by atoms with E-state index in [1.165, 1.54) is 11.1 Å². The highest BCUT2D eigenvalue weighted by molar-refractivity contribution is 6.05. The zero-order valence-electron chi connectivity index (χ0n) is 12.5. The lowest BCUT2D eigenvalue weighted by atomic mass is 9.67. The molecule has 1 aromatic carbocycles. The van der Waals surface area contributed by atoms with Crippen molar-refractivity contribution in [2.45, 2.75) is 38.0 Å². The molecule has 1 heterocycles. The van der Waals surface area contributed by atoms with Gasteiger partial charge in [0.2, 0.25) is 5.88 Å². The average Bonchev–Trinajstić information content (AvgIpc) is 2.82. The van der Waals surface area contributed by atoms with Crippen LogP contribution in [0.1, 0.15) is 53.1 Å². The zero-order valence-corrected chi connectivity index (χ0v) is 12.5. The number of carbonyl (C=O) groups is 1. The first kappa shape index (κ1) is 13.5. The van der Waals surface area contributed by atoms with Gasteiger partial charge in [0, 0.05) is 23.2 Å². The Morgan fingerprint density at radius 3 is 2.55 bits per heavy atom. The van der Waals surface area contributed by atoms with Gasteiger partial charge in [0.25, 0.3) is 0 Å². The van der Waals surface area contributed by atoms with Crippen LogP contribution in [0.4, 0.5) is 0 Å². The monoisotopic (exact) mass is 293 g/mol. The van der Waals surface area contributed by atoms with E-state index in [9.17, 15) is 9.90 Å². The number of Topliss-reactive ketones (excluding diaryl/α,β-unsaturated/α-hetero) is 1. The molecule has 112 valence electrons. The molecule has 0 unspecified atom stereocenters. The third-order valence-corrected chi connectivity index (χ3v) is 5.46. The lowest BCUT2D eigenvalue weighted by Gasteiger charge is -2.36. The number of fused-ring (bicyclic) bond motifs is 1. The average molecular weight is 293 g/mol. The van der Waals surface area contributed by atoms with Gasteiger partial charge < -0.3 is 5.11 Å². The number of rotatable bonds is 1. The standard InChI is InChI=1S/C19H19NO2/c21-17-6-5-15(12-20-17)13-7-9-19(10-8-13)11-14-3-1-2-4-16(14)18(19)22/h1-6,12-13H,7-11H2,(H,20,21). The Kier molecular flexibility index (Phi) is 3.03. The summed E-state index contributed by atoms with van der Waals surface area (Å²) in [5.41, 5.74) is 3.17. The molecule has 0 bridgehead atoms. The molecule has 0 saturated heterocycles. The number of pyridine rings is 1. The van der Waals surface area contributed by atoms with Crippen molar-refractivity contribution >= 4 is 5.78 Å². The molecule has 1 aromatic heterocycles. The quantitative estimate of drug-likeness (QED) is 0.868. The molecule has 1 spiro atoms. The van der Waals surface area contributed by atoms with Crippen molar-refractivity contribution in [2.24, 2.45) is 5.41 Å². The van der Waals surface area contributed by atoms with Gasteiger partial charge in [0.15, 0.2) is 5.78 Å². The van der Waals surface area contributed by atoms with Crippen LogP contribution < -0.4 is 0 Å². The maximum atomic E-state index is 12.8. The van der Waals surface area contributed by atoms with Crippen LogP contribution in [0.15, 0.2) is 42.6 Å². The summed E-state index contributed by atoms with van der Waals surface area (Å²) in [5.74, 6) is 0.873. The van der Waals surface area contributed by atoms with E-state index in [1.807, 2.05) is 24.3 Å². The molecule has 0 aliphatic heterocycles. The SMILES string of the molecule is O=C1c2ccccc2CC12CCC(c1ccc(O)nc1)CC2. The second-order valence-electron chi connectivity index (χ2n) is 6.67. The summed E-state index contributed by atoms with van der Waals surface area (Å²) < 4.78 is 0. The van der Waals surface area contributed by atoms with E-state index in [0.717, 1.165) is 37.7 Å². The molecule has 2 aliphatic carbocycles. The van der Waals surface area contributed by atoms with Crippen LogP contribution in [0, 0.1) is 5.41 Å². The van der Waals surface area contributed by atoms with Crippen molar-refractivity contribution in [3.63, 3.8) is 0 Å². The van der Waals surface area contributed by atoms with Crippen molar-refractivity contribution in [3.8, 4) is 5.88 Å². The highest BCUT2D eigenvalue weighted by atomic mass is 16.3. The molecule has 1 saturated carbocycles. The van der Waals surface area contributed by atoms with E-state index in [0.29, 0.717) is 11.7 Å². The zero-order chi connectivity index (χ0) is 15.2. The molecule has 3 nitrogen and oxygen atoms in total. The summed E-state index contributed by atoms with van der Waals surface area (Å²) in [6, 6.07) is 11.7. The minimum atomic E-state index is -0.162. The highest BCUT2D eigenvalue weighted by Crippen LogP contribution is 2.50. The molecular formula is C19H19NO2. The Morgan fingerprint density at radius 2 is 1.86 bits per heavy atom. The fourth-order valence-corrected chi connectivity index (χ4v) is 4.17. The van der Waals surface area contributed by atoms with Crippen LogP contribution in [0.25, 0.3) is 0 Å². The smallest absolute Gasteiger partial charge is 0.210 e. The van der Waals surface area contributed by atoms with Gasteiger partial charge in [0.1, 0.15) is 0 Å². The molecule has 0 radical (unpaired) electrons. The van der Waals surface area contributed by atoms with Gasteiger partial charge in [-0.3, -0.25) is 4.79 Å². The van der Waals surface area contributed by atoms with Crippen LogP contribution in [0.2, 0.25) is 0 Å². The number of aromatic nitrogens is 1. The predicted molar refractivity (Wildman–Crippen MR) is 84.0 cm³/mol. The first-order valence-corrected chi connectivity index (χ1v) is 7.96. The van der Waals surface area contributed by atoms with Gasteiger partial charge in [-0.05, 0) is 49.1 Å². The third kappa shape index (κ3) is 2.04. The fourth-order valence-electron chi connectivity index (χ4n) is 4.17. The first-order valence-electron chi connectivity index (χ1n) is 7.96. The van der Waals surface area contributed by atoms with Crippen LogP contribution in [0.5, 0.6) is 5.88 Å². The van der Waals surface area contributed by atoms with E-state index in [1.54, 1.807) is 12.3 Å². The minimum absolute atomic E-state index is 0.0671. The Balaban J connectivity index is 1.53. The van der Waals surface area contributed by atoms with E-state index < -0.39 is 0 Å². The number of hydrogen-bond acceptors (Lipinski definition) is 3. The number of carbonyl (C=O) groups excluding carboxylic acids is 1. The second-order valence-corrected chi connectivity index (χ2v) is 6.67. The molecule has 0 atom stereocenters. The van der Waals surface area contributed by atoms with Crippen LogP contribution >= 0.6 is 0 Å². The number of benzene rings is 1. The number of ketones is 1. The molecule has 1 N–H and O–H groups in total. The van der Waals surface area contributed by atoms with Gasteiger partial charge >= 0.3 is 0 Å². The van der Waals surface area contributed by atoms with Crippen molar-refractivity contribution in [1.29, 1.82) is 0 Å². The van der Waals surface area contributed by atoms with Crippen LogP contribution in [-0.2, 0) is 6.42 Å². The summed E-state index contributed by atoms with van der Waals surface area (Å²) in [7, 11) is 0. The first-order chi connectivity index (χ1) is 10.7. The van der Waals surface area contributed by atoms with Gasteiger partial charge in [-0.1, -0.05) is 30.3 Å². The molecular weight excluding hydrogens is 274 g/mol. The van der Waals surface area contributed by atoms with Crippen LogP contribution in [-0.4, -0.2) is 15.9 Å². The topological polar surface area (TPSA) is 50.2 Å². The fraction of sp³-hybridized carbons (Fsp3) is 0.368. The van der Waals surface area contributed by atoms with Gasteiger partial charge in [-0.2, -0.15) is 0 Å². The molecule has 4 rings (SSSR count). The summed E-state index contributed by atoms with van der Waals surface area (Å²) in [4.78, 5) is 16.8. The number of hydrogen-bond donors (Lipinski definition) is 1. The van der Waals surface area contributed by atoms with Crippen molar-refractivity contribution in [2.75, 3.05) is 0 Å². The lowest BCUT2D eigenvalue weighted by molar-refractivity contribution is 0.0734. The van der Waals surface area contributed by atoms with Crippen molar-refractivity contribution < 1.29 is 9.90 Å². The van der Waals surface area contributed by atoms with E-state index in [4.69, 9.17) is 0 Å². The molecule has 3 heteroatoms. The Labute approximate surface area is 130 Å². The molecule has 0 amide bonds. The maximum absolute atomic E-state index is 12.8. The summed E-state index contributed by atoms with van der Waals surface area (Å²) in [5, 5.41) is 9.30. The predicted octanol–water partition coefficient (Wildman–Crippen LogP) is 3.87. The lowest BCUT2D eigenvalue weighted by Crippen LogP contribution is -2.32. The summed E-state index contributed by atoms with van der Waals surface area (Å²) >= 11 is 0. The van der Waals surface area contributed by atoms with E-state index in [-0.39, 0.29) is 11.3 Å². The Hall–Kier alpha value is -2.16. The summed E-state index contributed by atoms with van der Waals surface area (Å²) in [6.07, 6.45) is 6.61. The number of aromatic hydroxyl groups is 1. The Morgan fingerprint density at radius 1 is 1.09 bits per heavy atom. The Bertz CT molecular complexity index is 712. The van der Waals surface area contributed by atoms with Crippen molar-refractivity contribution in [1.82, 2.24) is 4.98 Å². The van der Waals surface area contributed by atoms with Gasteiger partial charge in [0.05, 0.1) is 0 Å². The molecule has 2 aromatic rings. The van der Waals surface area contributed by atoms with Gasteiger partial charge in [-0.25, -0.2) is 4.98 Å². The molecule has 2 aliphatic rings. The van der Waals surface area contributed by atoms with E-state index in [2.05, 4.69) is 11.1 Å². The largest absolute Gasteiger partial charge is 0.493 e. The normalized spacial score (nSPS) is 27.1. The number of nitrogens with zero attached hydrogens (tertiary/aromatic N) is 1. The molecule has 1 fully saturated rings. The highest BCUT2D eigenvalue weighted by Gasteiger charge is 2.47. The second kappa shape index (κ2) is 4.94. The maximum Gasteiger partial charge on any atom is 0.210 e. The van der Waals surface area contributed by atoms with Crippen LogP contribution in [0.3, 0.4) is 0 Å². The summed E-state index contributed by atoms with van der Waals surface area (Å²) in [6.45, 7) is 0. The molecule has 22 heavy (non-hydrogen) atoms. The minimum Gasteiger partial charge on any atom is -0.493 e. The third-order valence-electron chi connectivity index (χ3n) is 5.46.